The van der Waals surface area contributed by atoms with Crippen molar-refractivity contribution in [3.05, 3.63) is 21.9 Å². The number of aryl methyl sites for hydroxylation is 1. The molecule has 0 aliphatic carbocycles. The monoisotopic (exact) mass is 183 g/mol. The number of rotatable bonds is 2. The van der Waals surface area contributed by atoms with Gasteiger partial charge in [0.05, 0.1) is 5.60 Å². The van der Waals surface area contributed by atoms with Gasteiger partial charge in [-0.05, 0) is 28.8 Å². The number of aliphatic hydroxyl groups is 1. The van der Waals surface area contributed by atoms with Crippen LogP contribution in [0.3, 0.4) is 0 Å². The number of β-amino-alcohol motifs (C(OH)–C–C–N with tert-alkyl or cyclic N) is 1. The first-order valence-corrected chi connectivity index (χ1v) is 5.09. The maximum atomic E-state index is 9.85. The third-order valence-corrected chi connectivity index (χ3v) is 3.30. The number of hydrogen-bond donors (Lipinski definition) is 2. The maximum absolute atomic E-state index is 9.85. The Kier molecular flexibility index (Phi) is 1.94. The number of thiophene rings is 1. The maximum Gasteiger partial charge on any atom is 0.0935 e. The summed E-state index contributed by atoms with van der Waals surface area (Å²) >= 11 is 1.71. The minimum atomic E-state index is -0.466. The van der Waals surface area contributed by atoms with Gasteiger partial charge >= 0.3 is 0 Å². The van der Waals surface area contributed by atoms with E-state index in [-0.39, 0.29) is 0 Å². The molecule has 1 aliphatic heterocycles. The molecule has 0 aromatic carbocycles. The summed E-state index contributed by atoms with van der Waals surface area (Å²) in [6.07, 6.45) is 0.801. The van der Waals surface area contributed by atoms with Gasteiger partial charge in [-0.15, -0.1) is 0 Å². The van der Waals surface area contributed by atoms with Crippen LogP contribution >= 0.6 is 11.3 Å². The zero-order valence-electron chi connectivity index (χ0n) is 7.13. The van der Waals surface area contributed by atoms with Gasteiger partial charge in [0.25, 0.3) is 0 Å². The van der Waals surface area contributed by atoms with Crippen molar-refractivity contribution < 1.29 is 5.11 Å². The Bertz CT molecular complexity index is 278. The van der Waals surface area contributed by atoms with Crippen LogP contribution in [0.4, 0.5) is 0 Å². The highest BCUT2D eigenvalue weighted by molar-refractivity contribution is 7.08. The van der Waals surface area contributed by atoms with Crippen molar-refractivity contribution in [3.63, 3.8) is 0 Å². The largest absolute Gasteiger partial charge is 0.387 e. The van der Waals surface area contributed by atoms with Crippen LogP contribution in [0.25, 0.3) is 0 Å². The molecule has 1 fully saturated rings. The van der Waals surface area contributed by atoms with Crippen molar-refractivity contribution in [2.45, 2.75) is 18.9 Å². The molecule has 2 rings (SSSR count). The lowest BCUT2D eigenvalue weighted by Gasteiger charge is -2.37. The molecule has 2 N–H and O–H groups in total. The molecular formula is C9H13NOS. The second-order valence-corrected chi connectivity index (χ2v) is 4.33. The van der Waals surface area contributed by atoms with E-state index >= 15 is 0 Å². The Labute approximate surface area is 76.2 Å². The van der Waals surface area contributed by atoms with Gasteiger partial charge in [-0.25, -0.2) is 0 Å². The van der Waals surface area contributed by atoms with Gasteiger partial charge in [-0.2, -0.15) is 11.3 Å². The van der Waals surface area contributed by atoms with Crippen molar-refractivity contribution in [1.82, 2.24) is 5.32 Å². The smallest absolute Gasteiger partial charge is 0.0935 e. The van der Waals surface area contributed by atoms with E-state index in [0.717, 1.165) is 19.5 Å². The van der Waals surface area contributed by atoms with Crippen LogP contribution in [0.5, 0.6) is 0 Å². The summed E-state index contributed by atoms with van der Waals surface area (Å²) in [6, 6.07) is 0. The molecule has 0 spiro atoms. The third kappa shape index (κ3) is 1.40. The second kappa shape index (κ2) is 2.83. The average Bonchev–Trinajstić information content (AvgIpc) is 2.34. The summed E-state index contributed by atoms with van der Waals surface area (Å²) < 4.78 is 0. The highest BCUT2D eigenvalue weighted by atomic mass is 32.1. The molecule has 1 aliphatic rings. The van der Waals surface area contributed by atoms with E-state index in [0.29, 0.717) is 0 Å². The fourth-order valence-corrected chi connectivity index (χ4v) is 2.32. The van der Waals surface area contributed by atoms with Gasteiger partial charge in [-0.1, -0.05) is 0 Å². The molecule has 66 valence electrons. The molecule has 1 aromatic heterocycles. The Morgan fingerprint density at radius 3 is 2.75 bits per heavy atom. The van der Waals surface area contributed by atoms with E-state index in [1.807, 2.05) is 0 Å². The fraction of sp³-hybridized carbons (Fsp3) is 0.556. The molecule has 3 heteroatoms. The molecular weight excluding hydrogens is 170 g/mol. The molecule has 0 bridgehead atoms. The Morgan fingerprint density at radius 2 is 2.33 bits per heavy atom. The van der Waals surface area contributed by atoms with E-state index in [2.05, 4.69) is 23.0 Å². The Morgan fingerprint density at radius 1 is 1.58 bits per heavy atom. The predicted molar refractivity (Wildman–Crippen MR) is 50.6 cm³/mol. The predicted octanol–water partition coefficient (Wildman–Crippen LogP) is 0.933. The van der Waals surface area contributed by atoms with Crippen LogP contribution < -0.4 is 5.32 Å². The van der Waals surface area contributed by atoms with Gasteiger partial charge in [-0.3, -0.25) is 0 Å². The Hall–Kier alpha value is -0.380. The van der Waals surface area contributed by atoms with E-state index in [4.69, 9.17) is 0 Å². The first-order chi connectivity index (χ1) is 5.70. The normalized spacial score (nSPS) is 20.5. The summed E-state index contributed by atoms with van der Waals surface area (Å²) in [5, 5.41) is 17.2. The highest BCUT2D eigenvalue weighted by Crippen LogP contribution is 2.22. The first kappa shape index (κ1) is 8.23. The molecule has 0 amide bonds. The molecule has 0 saturated carbocycles. The van der Waals surface area contributed by atoms with Crippen LogP contribution in [-0.2, 0) is 6.42 Å². The molecule has 0 radical (unpaired) electrons. The average molecular weight is 183 g/mol. The van der Waals surface area contributed by atoms with Crippen molar-refractivity contribution in [2.75, 3.05) is 13.1 Å². The zero-order valence-corrected chi connectivity index (χ0v) is 7.95. The van der Waals surface area contributed by atoms with Gasteiger partial charge < -0.3 is 10.4 Å². The van der Waals surface area contributed by atoms with Gasteiger partial charge in [0.2, 0.25) is 0 Å². The molecule has 12 heavy (non-hydrogen) atoms. The summed E-state index contributed by atoms with van der Waals surface area (Å²) in [6.45, 7) is 3.58. The topological polar surface area (TPSA) is 32.3 Å². The fourth-order valence-electron chi connectivity index (χ4n) is 1.46. The van der Waals surface area contributed by atoms with Crippen LogP contribution in [0, 0.1) is 6.92 Å². The summed E-state index contributed by atoms with van der Waals surface area (Å²) in [7, 11) is 0. The molecule has 0 atom stereocenters. The number of nitrogens with one attached hydrogen (secondary N) is 1. The minimum Gasteiger partial charge on any atom is -0.387 e. The Balaban J connectivity index is 2.08. The molecule has 1 saturated heterocycles. The van der Waals surface area contributed by atoms with E-state index in [1.54, 1.807) is 11.3 Å². The third-order valence-electron chi connectivity index (χ3n) is 2.39. The lowest BCUT2D eigenvalue weighted by molar-refractivity contribution is -0.00905. The molecule has 2 nitrogen and oxygen atoms in total. The van der Waals surface area contributed by atoms with Crippen molar-refractivity contribution >= 4 is 11.3 Å². The lowest BCUT2D eigenvalue weighted by Crippen LogP contribution is -2.60. The van der Waals surface area contributed by atoms with Crippen LogP contribution in [-0.4, -0.2) is 23.8 Å². The van der Waals surface area contributed by atoms with Gasteiger partial charge in [0.1, 0.15) is 0 Å². The summed E-state index contributed by atoms with van der Waals surface area (Å²) in [5.74, 6) is 0. The summed E-state index contributed by atoms with van der Waals surface area (Å²) in [5.41, 5.74) is 2.13. The van der Waals surface area contributed by atoms with Crippen LogP contribution in [0.1, 0.15) is 11.1 Å². The quantitative estimate of drug-likeness (QED) is 0.715. The van der Waals surface area contributed by atoms with E-state index < -0.39 is 5.60 Å². The van der Waals surface area contributed by atoms with Crippen molar-refractivity contribution in [3.8, 4) is 0 Å². The number of hydrogen-bond acceptors (Lipinski definition) is 3. The van der Waals surface area contributed by atoms with Gasteiger partial charge in [0.15, 0.2) is 0 Å². The van der Waals surface area contributed by atoms with Crippen molar-refractivity contribution in [2.24, 2.45) is 0 Å². The zero-order chi connectivity index (χ0) is 8.60. The molecule has 1 aromatic rings. The first-order valence-electron chi connectivity index (χ1n) is 4.14. The van der Waals surface area contributed by atoms with Crippen LogP contribution in [0.2, 0.25) is 0 Å². The van der Waals surface area contributed by atoms with E-state index in [9.17, 15) is 5.11 Å². The van der Waals surface area contributed by atoms with Crippen LogP contribution in [0.15, 0.2) is 10.8 Å². The standard InChI is InChI=1S/C9H13NOS/c1-7-3-12-4-8(7)2-9(11)5-10-6-9/h3-4,10-11H,2,5-6H2,1H3. The van der Waals surface area contributed by atoms with Gasteiger partial charge in [0, 0.05) is 19.5 Å². The molecule has 2 heterocycles. The SMILES string of the molecule is Cc1cscc1CC1(O)CNC1. The highest BCUT2D eigenvalue weighted by Gasteiger charge is 2.34. The lowest BCUT2D eigenvalue weighted by atomic mass is 9.89. The van der Waals surface area contributed by atoms with Crippen molar-refractivity contribution in [1.29, 1.82) is 0 Å². The second-order valence-electron chi connectivity index (χ2n) is 3.58. The minimum absolute atomic E-state index is 0.466. The summed E-state index contributed by atoms with van der Waals surface area (Å²) in [4.78, 5) is 0. The van der Waals surface area contributed by atoms with E-state index in [1.165, 1.54) is 11.1 Å². The molecule has 0 unspecified atom stereocenters.